The summed E-state index contributed by atoms with van der Waals surface area (Å²) in [6.45, 7) is 13.0. The van der Waals surface area contributed by atoms with Crippen LogP contribution in [0.4, 0.5) is 0 Å². The molecule has 0 spiro atoms. The fourth-order valence-electron chi connectivity index (χ4n) is 1.85. The van der Waals surface area contributed by atoms with Gasteiger partial charge >= 0.3 is 0 Å². The Morgan fingerprint density at radius 3 is 1.94 bits per heavy atom. The van der Waals surface area contributed by atoms with Gasteiger partial charge in [0.15, 0.2) is 6.29 Å². The van der Waals surface area contributed by atoms with E-state index in [1.807, 2.05) is 13.8 Å². The van der Waals surface area contributed by atoms with Gasteiger partial charge in [0.2, 0.25) is 0 Å². The predicted octanol–water partition coefficient (Wildman–Crippen LogP) is 3.19. The van der Waals surface area contributed by atoms with Gasteiger partial charge in [-0.15, -0.1) is 0 Å². The number of hydrogen-bond acceptors (Lipinski definition) is 3. The molecule has 0 radical (unpaired) electrons. The highest BCUT2D eigenvalue weighted by Gasteiger charge is 2.13. The molecule has 17 heavy (non-hydrogen) atoms. The van der Waals surface area contributed by atoms with Crippen LogP contribution in [-0.2, 0) is 9.47 Å². The second-order valence-electron chi connectivity index (χ2n) is 4.60. The van der Waals surface area contributed by atoms with Crippen LogP contribution in [0.25, 0.3) is 0 Å². The van der Waals surface area contributed by atoms with Crippen molar-refractivity contribution in [1.82, 2.24) is 5.32 Å². The van der Waals surface area contributed by atoms with Gasteiger partial charge in [0.25, 0.3) is 0 Å². The third-order valence-electron chi connectivity index (χ3n) is 3.15. The summed E-state index contributed by atoms with van der Waals surface area (Å²) in [5, 5.41) is 3.55. The molecule has 0 saturated carbocycles. The van der Waals surface area contributed by atoms with Crippen molar-refractivity contribution in [2.45, 2.75) is 66.2 Å². The molecule has 0 bridgehead atoms. The third kappa shape index (κ3) is 8.58. The molecule has 0 aromatic carbocycles. The minimum absolute atomic E-state index is 0.101. The third-order valence-corrected chi connectivity index (χ3v) is 3.15. The Bertz CT molecular complexity index is 158. The molecule has 3 heteroatoms. The highest BCUT2D eigenvalue weighted by molar-refractivity contribution is 4.69. The first-order valence-corrected chi connectivity index (χ1v) is 7.14. The maximum Gasteiger partial charge on any atom is 0.169 e. The Morgan fingerprint density at radius 2 is 1.53 bits per heavy atom. The van der Waals surface area contributed by atoms with Crippen LogP contribution in [0, 0.1) is 5.92 Å². The SMILES string of the molecule is CCOC(CNC(CC)CC(C)CC)OCC. The highest BCUT2D eigenvalue weighted by atomic mass is 16.7. The van der Waals surface area contributed by atoms with Gasteiger partial charge in [0.05, 0.1) is 0 Å². The minimum Gasteiger partial charge on any atom is -0.352 e. The quantitative estimate of drug-likeness (QED) is 0.567. The molecule has 0 aliphatic heterocycles. The van der Waals surface area contributed by atoms with E-state index < -0.39 is 0 Å². The molecule has 0 aliphatic rings. The normalized spacial score (nSPS) is 15.2. The van der Waals surface area contributed by atoms with Gasteiger partial charge in [-0.25, -0.2) is 0 Å². The van der Waals surface area contributed by atoms with Crippen LogP contribution < -0.4 is 5.32 Å². The first-order chi connectivity index (χ1) is 8.17. The van der Waals surface area contributed by atoms with Crippen LogP contribution >= 0.6 is 0 Å². The maximum absolute atomic E-state index is 5.52. The fraction of sp³-hybridized carbons (Fsp3) is 1.00. The van der Waals surface area contributed by atoms with E-state index in [1.54, 1.807) is 0 Å². The lowest BCUT2D eigenvalue weighted by Gasteiger charge is -2.24. The molecule has 1 N–H and O–H groups in total. The largest absolute Gasteiger partial charge is 0.352 e. The van der Waals surface area contributed by atoms with Crippen LogP contribution in [0.3, 0.4) is 0 Å². The molecule has 0 aliphatic carbocycles. The molecule has 104 valence electrons. The monoisotopic (exact) mass is 245 g/mol. The molecule has 0 amide bonds. The molecule has 0 aromatic heterocycles. The number of ether oxygens (including phenoxy) is 2. The average Bonchev–Trinajstić information content (AvgIpc) is 2.34. The van der Waals surface area contributed by atoms with Gasteiger partial charge in [0, 0.05) is 25.8 Å². The Kier molecular flexibility index (Phi) is 10.9. The van der Waals surface area contributed by atoms with E-state index in [0.29, 0.717) is 19.3 Å². The second-order valence-corrected chi connectivity index (χ2v) is 4.60. The summed E-state index contributed by atoms with van der Waals surface area (Å²) in [5.41, 5.74) is 0. The van der Waals surface area contributed by atoms with E-state index in [0.717, 1.165) is 18.9 Å². The first kappa shape index (κ1) is 16.9. The van der Waals surface area contributed by atoms with Gasteiger partial charge in [-0.1, -0.05) is 27.2 Å². The van der Waals surface area contributed by atoms with E-state index in [4.69, 9.17) is 9.47 Å². The first-order valence-electron chi connectivity index (χ1n) is 7.14. The molecular weight excluding hydrogens is 214 g/mol. The number of rotatable bonds is 11. The van der Waals surface area contributed by atoms with Crippen molar-refractivity contribution in [1.29, 1.82) is 0 Å². The summed E-state index contributed by atoms with van der Waals surface area (Å²) >= 11 is 0. The standard InChI is InChI=1S/C14H31NO2/c1-6-12(5)10-13(7-2)15-11-14(16-8-3)17-9-4/h12-15H,6-11H2,1-5H3. The van der Waals surface area contributed by atoms with Crippen molar-refractivity contribution >= 4 is 0 Å². The zero-order valence-electron chi connectivity index (χ0n) is 12.3. The zero-order valence-corrected chi connectivity index (χ0v) is 12.3. The molecule has 0 rings (SSSR count). The zero-order chi connectivity index (χ0) is 13.1. The highest BCUT2D eigenvalue weighted by Crippen LogP contribution is 2.12. The van der Waals surface area contributed by atoms with E-state index in [9.17, 15) is 0 Å². The van der Waals surface area contributed by atoms with Crippen LogP contribution in [0.1, 0.15) is 53.9 Å². The van der Waals surface area contributed by atoms with Crippen LogP contribution in [0.5, 0.6) is 0 Å². The Morgan fingerprint density at radius 1 is 0.941 bits per heavy atom. The molecule has 2 unspecified atom stereocenters. The van der Waals surface area contributed by atoms with Gasteiger partial charge in [-0.05, 0) is 32.6 Å². The van der Waals surface area contributed by atoms with Gasteiger partial charge in [-0.2, -0.15) is 0 Å². The van der Waals surface area contributed by atoms with Crippen molar-refractivity contribution < 1.29 is 9.47 Å². The van der Waals surface area contributed by atoms with Gasteiger partial charge < -0.3 is 14.8 Å². The molecule has 0 saturated heterocycles. The summed E-state index contributed by atoms with van der Waals surface area (Å²) in [6.07, 6.45) is 3.54. The van der Waals surface area contributed by atoms with Crippen LogP contribution in [0.15, 0.2) is 0 Å². The summed E-state index contributed by atoms with van der Waals surface area (Å²) in [6, 6.07) is 0.577. The van der Waals surface area contributed by atoms with E-state index in [-0.39, 0.29) is 6.29 Å². The lowest BCUT2D eigenvalue weighted by atomic mass is 9.98. The molecule has 0 aromatic rings. The van der Waals surface area contributed by atoms with Gasteiger partial charge in [-0.3, -0.25) is 0 Å². The number of hydrogen-bond donors (Lipinski definition) is 1. The van der Waals surface area contributed by atoms with E-state index in [1.165, 1.54) is 12.8 Å². The van der Waals surface area contributed by atoms with Crippen molar-refractivity contribution in [3.05, 3.63) is 0 Å². The molecular formula is C14H31NO2. The van der Waals surface area contributed by atoms with Crippen molar-refractivity contribution in [3.63, 3.8) is 0 Å². The van der Waals surface area contributed by atoms with E-state index in [2.05, 4.69) is 26.1 Å². The smallest absolute Gasteiger partial charge is 0.169 e. The topological polar surface area (TPSA) is 30.5 Å². The van der Waals surface area contributed by atoms with Crippen LogP contribution in [0.2, 0.25) is 0 Å². The average molecular weight is 245 g/mol. The molecule has 0 heterocycles. The molecule has 2 atom stereocenters. The Hall–Kier alpha value is -0.120. The minimum atomic E-state index is -0.101. The summed E-state index contributed by atoms with van der Waals surface area (Å²) in [4.78, 5) is 0. The maximum atomic E-state index is 5.52. The number of nitrogens with one attached hydrogen (secondary N) is 1. The molecule has 0 fully saturated rings. The predicted molar refractivity (Wildman–Crippen MR) is 73.2 cm³/mol. The summed E-state index contributed by atoms with van der Waals surface area (Å²) in [7, 11) is 0. The van der Waals surface area contributed by atoms with Crippen molar-refractivity contribution in [3.8, 4) is 0 Å². The summed E-state index contributed by atoms with van der Waals surface area (Å²) < 4.78 is 11.0. The Labute approximate surface area is 107 Å². The fourth-order valence-corrected chi connectivity index (χ4v) is 1.85. The van der Waals surface area contributed by atoms with Crippen LogP contribution in [-0.4, -0.2) is 32.1 Å². The second kappa shape index (κ2) is 11.0. The van der Waals surface area contributed by atoms with Crippen molar-refractivity contribution in [2.24, 2.45) is 5.92 Å². The van der Waals surface area contributed by atoms with Crippen molar-refractivity contribution in [2.75, 3.05) is 19.8 Å². The lowest BCUT2D eigenvalue weighted by Crippen LogP contribution is -2.38. The lowest BCUT2D eigenvalue weighted by molar-refractivity contribution is -0.134. The van der Waals surface area contributed by atoms with E-state index >= 15 is 0 Å². The summed E-state index contributed by atoms with van der Waals surface area (Å²) in [5.74, 6) is 0.782. The van der Waals surface area contributed by atoms with Gasteiger partial charge in [0.1, 0.15) is 0 Å². The molecule has 3 nitrogen and oxygen atoms in total. The Balaban J connectivity index is 3.91.